The summed E-state index contributed by atoms with van der Waals surface area (Å²) < 4.78 is 0. The average Bonchev–Trinajstić information content (AvgIpc) is 2.64. The molecule has 13 heavy (non-hydrogen) atoms. The monoisotopic (exact) mass is 215 g/mol. The van der Waals surface area contributed by atoms with Gasteiger partial charge in [-0.15, -0.1) is 0 Å². The fourth-order valence-corrected chi connectivity index (χ4v) is 2.55. The van der Waals surface area contributed by atoms with Crippen molar-refractivity contribution in [3.8, 4) is 0 Å². The van der Waals surface area contributed by atoms with Crippen LogP contribution in [0.3, 0.4) is 0 Å². The van der Waals surface area contributed by atoms with Gasteiger partial charge < -0.3 is 5.73 Å². The summed E-state index contributed by atoms with van der Waals surface area (Å²) in [4.78, 5) is 0. The third kappa shape index (κ3) is 4.69. The zero-order valence-corrected chi connectivity index (χ0v) is 9.66. The molecule has 1 aromatic heterocycles. The second-order valence-electron chi connectivity index (χ2n) is 3.09. The molecule has 1 nitrogen and oxygen atoms in total. The summed E-state index contributed by atoms with van der Waals surface area (Å²) in [6, 6.07) is 2.55. The number of rotatable bonds is 6. The third-order valence-corrected chi connectivity index (χ3v) is 3.72. The van der Waals surface area contributed by atoms with Gasteiger partial charge in [0.2, 0.25) is 0 Å². The van der Waals surface area contributed by atoms with Gasteiger partial charge in [-0.1, -0.05) is 6.92 Å². The number of aryl methyl sites for hydroxylation is 1. The van der Waals surface area contributed by atoms with Crippen molar-refractivity contribution in [2.24, 2.45) is 5.73 Å². The zero-order chi connectivity index (χ0) is 9.52. The minimum absolute atomic E-state index is 0.366. The summed E-state index contributed by atoms with van der Waals surface area (Å²) in [6.45, 7) is 2.18. The fourth-order valence-electron chi connectivity index (χ4n) is 1.14. The lowest BCUT2D eigenvalue weighted by Crippen LogP contribution is -2.23. The molecule has 0 saturated carbocycles. The summed E-state index contributed by atoms with van der Waals surface area (Å²) in [5, 5.41) is 4.33. The van der Waals surface area contributed by atoms with Crippen molar-refractivity contribution in [2.75, 3.05) is 11.5 Å². The molecule has 1 rings (SSSR count). The standard InChI is InChI=1S/C10H17NS2/c1-2-12-8-10(11)4-3-9-5-6-13-7-9/h5-7,10H,2-4,8,11H2,1H3. The molecule has 0 saturated heterocycles. The first-order valence-electron chi connectivity index (χ1n) is 4.67. The van der Waals surface area contributed by atoms with Gasteiger partial charge in [0.1, 0.15) is 0 Å². The normalized spacial score (nSPS) is 13.1. The summed E-state index contributed by atoms with van der Waals surface area (Å²) in [5.74, 6) is 2.27. The third-order valence-electron chi connectivity index (χ3n) is 1.92. The lowest BCUT2D eigenvalue weighted by atomic mass is 10.1. The van der Waals surface area contributed by atoms with Crippen LogP contribution in [0.4, 0.5) is 0 Å². The van der Waals surface area contributed by atoms with Crippen LogP contribution >= 0.6 is 23.1 Å². The van der Waals surface area contributed by atoms with E-state index in [-0.39, 0.29) is 0 Å². The topological polar surface area (TPSA) is 26.0 Å². The molecule has 1 unspecified atom stereocenters. The van der Waals surface area contributed by atoms with E-state index in [1.807, 2.05) is 11.8 Å². The van der Waals surface area contributed by atoms with E-state index in [1.165, 1.54) is 11.3 Å². The van der Waals surface area contributed by atoms with Crippen molar-refractivity contribution in [2.45, 2.75) is 25.8 Å². The van der Waals surface area contributed by atoms with Gasteiger partial charge in [0.25, 0.3) is 0 Å². The summed E-state index contributed by atoms with van der Waals surface area (Å²) >= 11 is 3.69. The molecule has 1 heterocycles. The van der Waals surface area contributed by atoms with Crippen LogP contribution in [-0.4, -0.2) is 17.5 Å². The second kappa shape index (κ2) is 6.46. The smallest absolute Gasteiger partial charge is 0.0133 e. The minimum Gasteiger partial charge on any atom is -0.327 e. The molecule has 0 bridgehead atoms. The van der Waals surface area contributed by atoms with E-state index in [2.05, 4.69) is 23.8 Å². The fraction of sp³-hybridized carbons (Fsp3) is 0.600. The molecule has 0 radical (unpaired) electrons. The molecule has 0 aliphatic carbocycles. The van der Waals surface area contributed by atoms with Crippen LogP contribution in [0, 0.1) is 0 Å². The Morgan fingerprint density at radius 2 is 2.46 bits per heavy atom. The second-order valence-corrected chi connectivity index (χ2v) is 5.19. The number of hydrogen-bond donors (Lipinski definition) is 1. The number of thioether (sulfide) groups is 1. The van der Waals surface area contributed by atoms with E-state index in [9.17, 15) is 0 Å². The molecule has 0 aromatic carbocycles. The van der Waals surface area contributed by atoms with Crippen LogP contribution in [-0.2, 0) is 6.42 Å². The lowest BCUT2D eigenvalue weighted by Gasteiger charge is -2.09. The molecule has 74 valence electrons. The van der Waals surface area contributed by atoms with Crippen molar-refractivity contribution >= 4 is 23.1 Å². The number of nitrogens with two attached hydrogens (primary N) is 1. The summed E-state index contributed by atoms with van der Waals surface area (Å²) in [7, 11) is 0. The predicted octanol–water partition coefficient (Wildman–Crippen LogP) is 2.76. The number of thiophene rings is 1. The predicted molar refractivity (Wildman–Crippen MR) is 63.6 cm³/mol. The first kappa shape index (κ1) is 11.1. The van der Waals surface area contributed by atoms with Gasteiger partial charge in [-0.05, 0) is 41.0 Å². The van der Waals surface area contributed by atoms with Gasteiger partial charge in [0, 0.05) is 11.8 Å². The van der Waals surface area contributed by atoms with Gasteiger partial charge in [-0.2, -0.15) is 23.1 Å². The van der Waals surface area contributed by atoms with Gasteiger partial charge in [0.15, 0.2) is 0 Å². The van der Waals surface area contributed by atoms with E-state index < -0.39 is 0 Å². The van der Waals surface area contributed by atoms with Gasteiger partial charge >= 0.3 is 0 Å². The molecular weight excluding hydrogens is 198 g/mol. The Hall–Kier alpha value is 0.01000. The van der Waals surface area contributed by atoms with Crippen molar-refractivity contribution in [3.05, 3.63) is 22.4 Å². The summed E-state index contributed by atoms with van der Waals surface area (Å²) in [6.07, 6.45) is 2.25. The minimum atomic E-state index is 0.366. The Balaban J connectivity index is 2.11. The maximum absolute atomic E-state index is 5.96. The van der Waals surface area contributed by atoms with E-state index in [0.29, 0.717) is 6.04 Å². The Labute approximate surface area is 88.7 Å². The van der Waals surface area contributed by atoms with Crippen molar-refractivity contribution < 1.29 is 0 Å². The number of hydrogen-bond acceptors (Lipinski definition) is 3. The van der Waals surface area contributed by atoms with E-state index in [1.54, 1.807) is 11.3 Å². The molecule has 0 aliphatic heterocycles. The molecule has 0 aliphatic rings. The highest BCUT2D eigenvalue weighted by Gasteiger charge is 2.02. The molecule has 1 aromatic rings. The van der Waals surface area contributed by atoms with Crippen LogP contribution in [0.5, 0.6) is 0 Å². The van der Waals surface area contributed by atoms with Crippen LogP contribution in [0.15, 0.2) is 16.8 Å². The largest absolute Gasteiger partial charge is 0.327 e. The molecule has 0 fully saturated rings. The van der Waals surface area contributed by atoms with E-state index in [0.717, 1.165) is 18.6 Å². The molecule has 2 N–H and O–H groups in total. The highest BCUT2D eigenvalue weighted by molar-refractivity contribution is 7.99. The van der Waals surface area contributed by atoms with Crippen molar-refractivity contribution in [1.82, 2.24) is 0 Å². The zero-order valence-electron chi connectivity index (χ0n) is 8.03. The SMILES string of the molecule is CCSCC(N)CCc1ccsc1. The van der Waals surface area contributed by atoms with E-state index in [4.69, 9.17) is 5.73 Å². The molecule has 3 heteroatoms. The van der Waals surface area contributed by atoms with Crippen molar-refractivity contribution in [1.29, 1.82) is 0 Å². The maximum atomic E-state index is 5.96. The van der Waals surface area contributed by atoms with Gasteiger partial charge in [-0.3, -0.25) is 0 Å². The molecule has 0 amide bonds. The average molecular weight is 215 g/mol. The Morgan fingerprint density at radius 1 is 1.62 bits per heavy atom. The quantitative estimate of drug-likeness (QED) is 0.789. The first-order valence-corrected chi connectivity index (χ1v) is 6.77. The van der Waals surface area contributed by atoms with Gasteiger partial charge in [-0.25, -0.2) is 0 Å². The summed E-state index contributed by atoms with van der Waals surface area (Å²) in [5.41, 5.74) is 7.39. The lowest BCUT2D eigenvalue weighted by molar-refractivity contribution is 0.675. The maximum Gasteiger partial charge on any atom is 0.0133 e. The molecule has 1 atom stereocenters. The molecule has 0 spiro atoms. The van der Waals surface area contributed by atoms with Gasteiger partial charge in [0.05, 0.1) is 0 Å². The molecular formula is C10H17NS2. The van der Waals surface area contributed by atoms with Crippen LogP contribution in [0.1, 0.15) is 18.9 Å². The van der Waals surface area contributed by atoms with Crippen molar-refractivity contribution in [3.63, 3.8) is 0 Å². The Morgan fingerprint density at radius 3 is 3.08 bits per heavy atom. The highest BCUT2D eigenvalue weighted by atomic mass is 32.2. The Bertz CT molecular complexity index is 209. The Kier molecular flexibility index (Phi) is 5.51. The van der Waals surface area contributed by atoms with Crippen LogP contribution in [0.25, 0.3) is 0 Å². The van der Waals surface area contributed by atoms with Crippen LogP contribution in [0.2, 0.25) is 0 Å². The van der Waals surface area contributed by atoms with Crippen LogP contribution < -0.4 is 5.73 Å². The first-order chi connectivity index (χ1) is 6.33. The highest BCUT2D eigenvalue weighted by Crippen LogP contribution is 2.11. The van der Waals surface area contributed by atoms with E-state index >= 15 is 0 Å².